The topological polar surface area (TPSA) is 55.2 Å². The predicted molar refractivity (Wildman–Crippen MR) is 112 cm³/mol. The Kier molecular flexibility index (Phi) is 6.08. The lowest BCUT2D eigenvalue weighted by Crippen LogP contribution is -2.22. The summed E-state index contributed by atoms with van der Waals surface area (Å²) in [6.07, 6.45) is 0. The molecule has 0 unspecified atom stereocenters. The highest BCUT2D eigenvalue weighted by Gasteiger charge is 2.19. The summed E-state index contributed by atoms with van der Waals surface area (Å²) < 4.78 is 28.0. The SMILES string of the molecule is CCn1c(CSc2c(Cl)cccc2Cl)nc2cc(S(=O)(=O)N(C)C)ccc21. The average Bonchev–Trinajstić information content (AvgIpc) is 2.97. The van der Waals surface area contributed by atoms with Crippen LogP contribution < -0.4 is 0 Å². The van der Waals surface area contributed by atoms with Crippen LogP contribution in [0.3, 0.4) is 0 Å². The maximum Gasteiger partial charge on any atom is 0.242 e. The number of aryl methyl sites for hydroxylation is 1. The summed E-state index contributed by atoms with van der Waals surface area (Å²) in [5.74, 6) is 1.41. The second-order valence-electron chi connectivity index (χ2n) is 6.05. The van der Waals surface area contributed by atoms with Crippen molar-refractivity contribution in [3.63, 3.8) is 0 Å². The van der Waals surface area contributed by atoms with E-state index in [1.54, 1.807) is 30.3 Å². The van der Waals surface area contributed by atoms with E-state index in [-0.39, 0.29) is 4.90 Å². The van der Waals surface area contributed by atoms with Gasteiger partial charge in [-0.15, -0.1) is 11.8 Å². The van der Waals surface area contributed by atoms with Crippen LogP contribution in [0.1, 0.15) is 12.7 Å². The summed E-state index contributed by atoms with van der Waals surface area (Å²) in [5.41, 5.74) is 1.55. The van der Waals surface area contributed by atoms with Gasteiger partial charge in [-0.05, 0) is 37.3 Å². The summed E-state index contributed by atoms with van der Waals surface area (Å²) in [6, 6.07) is 10.5. The summed E-state index contributed by atoms with van der Waals surface area (Å²) in [7, 11) is -0.474. The Hall–Kier alpha value is -1.25. The zero-order chi connectivity index (χ0) is 19.8. The third-order valence-electron chi connectivity index (χ3n) is 4.16. The van der Waals surface area contributed by atoms with Crippen LogP contribution in [0.4, 0.5) is 0 Å². The maximum atomic E-state index is 12.4. The zero-order valence-corrected chi connectivity index (χ0v) is 18.3. The van der Waals surface area contributed by atoms with Gasteiger partial charge in [0, 0.05) is 25.5 Å². The number of thioether (sulfide) groups is 1. The number of nitrogens with zero attached hydrogens (tertiary/aromatic N) is 3. The molecule has 144 valence electrons. The van der Waals surface area contributed by atoms with Gasteiger partial charge in [-0.1, -0.05) is 29.3 Å². The first-order valence-electron chi connectivity index (χ1n) is 8.24. The van der Waals surface area contributed by atoms with Crippen molar-refractivity contribution in [1.29, 1.82) is 0 Å². The molecule has 0 aliphatic rings. The third kappa shape index (κ3) is 3.98. The van der Waals surface area contributed by atoms with Crippen LogP contribution in [0.5, 0.6) is 0 Å². The number of hydrogen-bond acceptors (Lipinski definition) is 4. The van der Waals surface area contributed by atoms with Crippen LogP contribution in [0.25, 0.3) is 11.0 Å². The number of rotatable bonds is 6. The molecule has 0 radical (unpaired) electrons. The number of hydrogen-bond donors (Lipinski definition) is 0. The number of halogens is 2. The second-order valence-corrected chi connectivity index (χ2v) is 10.0. The van der Waals surface area contributed by atoms with Crippen LogP contribution in [-0.4, -0.2) is 36.4 Å². The molecule has 0 bridgehead atoms. The molecular formula is C18H19Cl2N3O2S2. The van der Waals surface area contributed by atoms with Crippen LogP contribution >= 0.6 is 35.0 Å². The molecule has 9 heteroatoms. The number of aromatic nitrogens is 2. The van der Waals surface area contributed by atoms with E-state index < -0.39 is 10.0 Å². The summed E-state index contributed by atoms with van der Waals surface area (Å²) in [5, 5.41) is 1.21. The van der Waals surface area contributed by atoms with Crippen molar-refractivity contribution >= 4 is 56.0 Å². The fourth-order valence-electron chi connectivity index (χ4n) is 2.75. The molecule has 0 saturated heterocycles. The quantitative estimate of drug-likeness (QED) is 0.508. The smallest absolute Gasteiger partial charge is 0.242 e. The van der Waals surface area contributed by atoms with E-state index in [2.05, 4.69) is 9.55 Å². The highest BCUT2D eigenvalue weighted by atomic mass is 35.5. The Morgan fingerprint density at radius 2 is 1.81 bits per heavy atom. The first kappa shape index (κ1) is 20.5. The first-order valence-corrected chi connectivity index (χ1v) is 11.4. The Balaban J connectivity index is 1.99. The van der Waals surface area contributed by atoms with Crippen molar-refractivity contribution in [2.24, 2.45) is 0 Å². The minimum absolute atomic E-state index is 0.231. The monoisotopic (exact) mass is 443 g/mol. The van der Waals surface area contributed by atoms with E-state index in [9.17, 15) is 8.42 Å². The van der Waals surface area contributed by atoms with Gasteiger partial charge in [0.2, 0.25) is 10.0 Å². The van der Waals surface area contributed by atoms with Crippen LogP contribution in [-0.2, 0) is 22.3 Å². The molecule has 3 aromatic rings. The van der Waals surface area contributed by atoms with Gasteiger partial charge in [0.1, 0.15) is 5.82 Å². The van der Waals surface area contributed by atoms with Gasteiger partial charge in [0.05, 0.1) is 31.7 Å². The minimum Gasteiger partial charge on any atom is -0.328 e. The molecule has 0 atom stereocenters. The molecule has 0 aliphatic carbocycles. The summed E-state index contributed by atoms with van der Waals surface area (Å²) >= 11 is 14.0. The molecule has 1 aromatic heterocycles. The molecule has 5 nitrogen and oxygen atoms in total. The third-order valence-corrected chi connectivity index (χ3v) is 7.95. The molecule has 0 N–H and O–H groups in total. The highest BCUT2D eigenvalue weighted by Crippen LogP contribution is 2.36. The van der Waals surface area contributed by atoms with Crippen molar-refractivity contribution in [2.75, 3.05) is 14.1 Å². The Labute approximate surface area is 173 Å². The minimum atomic E-state index is -3.50. The van der Waals surface area contributed by atoms with Gasteiger partial charge in [0.25, 0.3) is 0 Å². The molecule has 0 aliphatic heterocycles. The van der Waals surface area contributed by atoms with Gasteiger partial charge < -0.3 is 4.57 Å². The molecule has 0 spiro atoms. The average molecular weight is 444 g/mol. The second kappa shape index (κ2) is 8.01. The van der Waals surface area contributed by atoms with E-state index in [1.807, 2.05) is 13.0 Å². The largest absolute Gasteiger partial charge is 0.328 e. The maximum absolute atomic E-state index is 12.4. The predicted octanol–water partition coefficient (Wildman–Crippen LogP) is 4.91. The van der Waals surface area contributed by atoms with Crippen LogP contribution in [0.15, 0.2) is 46.2 Å². The summed E-state index contributed by atoms with van der Waals surface area (Å²) in [6.45, 7) is 2.75. The van der Waals surface area contributed by atoms with Crippen LogP contribution in [0, 0.1) is 0 Å². The Morgan fingerprint density at radius 3 is 2.41 bits per heavy atom. The van der Waals surface area contributed by atoms with E-state index in [0.717, 1.165) is 22.8 Å². The molecule has 0 saturated carbocycles. The van der Waals surface area contributed by atoms with Gasteiger partial charge >= 0.3 is 0 Å². The summed E-state index contributed by atoms with van der Waals surface area (Å²) in [4.78, 5) is 5.71. The van der Waals surface area contributed by atoms with E-state index in [4.69, 9.17) is 23.2 Å². The van der Waals surface area contributed by atoms with Gasteiger partial charge in [0.15, 0.2) is 0 Å². The van der Waals surface area contributed by atoms with Crippen molar-refractivity contribution in [3.05, 3.63) is 52.3 Å². The molecule has 0 fully saturated rings. The Bertz CT molecular complexity index is 1080. The Morgan fingerprint density at radius 1 is 1.15 bits per heavy atom. The van der Waals surface area contributed by atoms with E-state index in [0.29, 0.717) is 21.3 Å². The molecule has 2 aromatic carbocycles. The number of sulfonamides is 1. The van der Waals surface area contributed by atoms with Crippen LogP contribution in [0.2, 0.25) is 10.0 Å². The van der Waals surface area contributed by atoms with Gasteiger partial charge in [-0.3, -0.25) is 0 Å². The van der Waals surface area contributed by atoms with Crippen molar-refractivity contribution in [3.8, 4) is 0 Å². The lowest BCUT2D eigenvalue weighted by atomic mass is 10.3. The fourth-order valence-corrected chi connectivity index (χ4v) is 5.30. The molecule has 1 heterocycles. The van der Waals surface area contributed by atoms with E-state index >= 15 is 0 Å². The molecule has 0 amide bonds. The lowest BCUT2D eigenvalue weighted by molar-refractivity contribution is 0.521. The molecular weight excluding hydrogens is 425 g/mol. The number of fused-ring (bicyclic) bond motifs is 1. The van der Waals surface area contributed by atoms with Gasteiger partial charge in [-0.2, -0.15) is 0 Å². The first-order chi connectivity index (χ1) is 12.8. The van der Waals surface area contributed by atoms with Gasteiger partial charge in [-0.25, -0.2) is 17.7 Å². The molecule has 27 heavy (non-hydrogen) atoms. The number of imidazole rings is 1. The normalized spacial score (nSPS) is 12.2. The van der Waals surface area contributed by atoms with Crippen molar-refractivity contribution < 1.29 is 8.42 Å². The zero-order valence-electron chi connectivity index (χ0n) is 15.1. The standard InChI is InChI=1S/C18H19Cl2N3O2S2/c1-4-23-16-9-8-12(27(24,25)22(2)3)10-15(16)21-17(23)11-26-18-13(19)6-5-7-14(18)20/h5-10H,4,11H2,1-3H3. The highest BCUT2D eigenvalue weighted by molar-refractivity contribution is 7.98. The molecule has 3 rings (SSSR count). The lowest BCUT2D eigenvalue weighted by Gasteiger charge is -2.11. The fraction of sp³-hybridized carbons (Fsp3) is 0.278. The number of benzene rings is 2. The van der Waals surface area contributed by atoms with Crippen molar-refractivity contribution in [2.45, 2.75) is 29.0 Å². The van der Waals surface area contributed by atoms with E-state index in [1.165, 1.54) is 30.2 Å². The van der Waals surface area contributed by atoms with Crippen molar-refractivity contribution in [1.82, 2.24) is 13.9 Å².